The third kappa shape index (κ3) is 2.18. The van der Waals surface area contributed by atoms with Crippen LogP contribution in [0.3, 0.4) is 0 Å². The first-order valence-corrected chi connectivity index (χ1v) is 4.51. The highest BCUT2D eigenvalue weighted by Crippen LogP contribution is 2.25. The molecule has 0 heterocycles. The molecular weight excluding hydrogens is 160 g/mol. The predicted octanol–water partition coefficient (Wildman–Crippen LogP) is 3.11. The Labute approximate surface area is 79.8 Å². The Morgan fingerprint density at radius 2 is 1.85 bits per heavy atom. The van der Waals surface area contributed by atoms with Gasteiger partial charge in [0.25, 0.3) is 0 Å². The minimum Gasteiger partial charge on any atom is -0.298 e. The van der Waals surface area contributed by atoms with E-state index in [-0.39, 0.29) is 5.41 Å². The second-order valence-corrected chi connectivity index (χ2v) is 4.44. The summed E-state index contributed by atoms with van der Waals surface area (Å²) in [4.78, 5) is 10.5. The molecule has 1 rings (SSSR count). The van der Waals surface area contributed by atoms with Crippen LogP contribution in [0.15, 0.2) is 18.2 Å². The average molecular weight is 176 g/mol. The van der Waals surface area contributed by atoms with E-state index in [2.05, 4.69) is 20.8 Å². The van der Waals surface area contributed by atoms with Crippen LogP contribution in [0.2, 0.25) is 0 Å². The van der Waals surface area contributed by atoms with Crippen LogP contribution < -0.4 is 0 Å². The molecule has 0 aromatic heterocycles. The Balaban J connectivity index is 3.20. The summed E-state index contributed by atoms with van der Waals surface area (Å²) in [5.41, 5.74) is 3.41. The fourth-order valence-electron chi connectivity index (χ4n) is 1.60. The molecule has 1 heteroatoms. The molecule has 0 fully saturated rings. The number of rotatable bonds is 1. The highest BCUT2D eigenvalue weighted by molar-refractivity contribution is 5.75. The van der Waals surface area contributed by atoms with Crippen molar-refractivity contribution in [2.75, 3.05) is 0 Å². The van der Waals surface area contributed by atoms with E-state index in [0.717, 1.165) is 11.8 Å². The van der Waals surface area contributed by atoms with Crippen molar-refractivity contribution in [3.63, 3.8) is 0 Å². The van der Waals surface area contributed by atoms with Crippen molar-refractivity contribution in [3.8, 4) is 0 Å². The summed E-state index contributed by atoms with van der Waals surface area (Å²) >= 11 is 0. The Bertz CT molecular complexity index is 318. The highest BCUT2D eigenvalue weighted by atomic mass is 16.1. The first kappa shape index (κ1) is 9.97. The minimum atomic E-state index is 0.158. The highest BCUT2D eigenvalue weighted by Gasteiger charge is 2.15. The molecule has 0 N–H and O–H groups in total. The molecule has 0 aliphatic rings. The smallest absolute Gasteiger partial charge is 0.150 e. The standard InChI is InChI=1S/C12H16O/c1-9-7-10(8-13)5-6-11(9)12(2,3)4/h5-8H,1-4H3. The Morgan fingerprint density at radius 1 is 1.23 bits per heavy atom. The zero-order chi connectivity index (χ0) is 10.1. The zero-order valence-electron chi connectivity index (χ0n) is 8.72. The van der Waals surface area contributed by atoms with Crippen LogP contribution in [0.25, 0.3) is 0 Å². The molecule has 1 aromatic carbocycles. The molecule has 0 saturated carbocycles. The lowest BCUT2D eigenvalue weighted by Gasteiger charge is -2.21. The predicted molar refractivity (Wildman–Crippen MR) is 55.3 cm³/mol. The van der Waals surface area contributed by atoms with Gasteiger partial charge in [-0.05, 0) is 29.5 Å². The number of benzene rings is 1. The molecule has 0 bridgehead atoms. The van der Waals surface area contributed by atoms with Gasteiger partial charge >= 0.3 is 0 Å². The zero-order valence-corrected chi connectivity index (χ0v) is 8.72. The van der Waals surface area contributed by atoms with Crippen molar-refractivity contribution in [2.45, 2.75) is 33.1 Å². The Hall–Kier alpha value is -1.11. The first-order chi connectivity index (χ1) is 5.95. The normalized spacial score (nSPS) is 11.4. The molecule has 0 radical (unpaired) electrons. The van der Waals surface area contributed by atoms with Crippen molar-refractivity contribution < 1.29 is 4.79 Å². The molecule has 0 amide bonds. The van der Waals surface area contributed by atoms with Gasteiger partial charge in [0.05, 0.1) is 0 Å². The van der Waals surface area contributed by atoms with E-state index in [1.165, 1.54) is 11.1 Å². The van der Waals surface area contributed by atoms with Crippen LogP contribution in [0, 0.1) is 6.92 Å². The van der Waals surface area contributed by atoms with Gasteiger partial charge in [-0.25, -0.2) is 0 Å². The van der Waals surface area contributed by atoms with Gasteiger partial charge in [0.1, 0.15) is 6.29 Å². The summed E-state index contributed by atoms with van der Waals surface area (Å²) in [7, 11) is 0. The second-order valence-electron chi connectivity index (χ2n) is 4.44. The minimum absolute atomic E-state index is 0.158. The lowest BCUT2D eigenvalue weighted by Crippen LogP contribution is -2.13. The molecule has 0 aliphatic heterocycles. The lowest BCUT2D eigenvalue weighted by molar-refractivity contribution is 0.112. The topological polar surface area (TPSA) is 17.1 Å². The van der Waals surface area contributed by atoms with E-state index in [4.69, 9.17) is 0 Å². The molecule has 1 nitrogen and oxygen atoms in total. The fraction of sp³-hybridized carbons (Fsp3) is 0.417. The summed E-state index contributed by atoms with van der Waals surface area (Å²) in [5.74, 6) is 0. The maximum atomic E-state index is 10.5. The monoisotopic (exact) mass is 176 g/mol. The van der Waals surface area contributed by atoms with Crippen molar-refractivity contribution in [1.29, 1.82) is 0 Å². The van der Waals surface area contributed by atoms with Crippen LogP contribution in [0.1, 0.15) is 42.3 Å². The molecule has 1 aromatic rings. The number of aldehydes is 1. The van der Waals surface area contributed by atoms with E-state index >= 15 is 0 Å². The van der Waals surface area contributed by atoms with Gasteiger partial charge < -0.3 is 0 Å². The molecule has 0 aliphatic carbocycles. The summed E-state index contributed by atoms with van der Waals surface area (Å²) in [6.07, 6.45) is 0.888. The van der Waals surface area contributed by atoms with Gasteiger partial charge in [-0.3, -0.25) is 4.79 Å². The number of carbonyl (C=O) groups excluding carboxylic acids is 1. The van der Waals surface area contributed by atoms with E-state index in [0.29, 0.717) is 0 Å². The van der Waals surface area contributed by atoms with Gasteiger partial charge in [0.15, 0.2) is 0 Å². The second kappa shape index (κ2) is 3.33. The summed E-state index contributed by atoms with van der Waals surface area (Å²) in [5, 5.41) is 0. The number of hydrogen-bond acceptors (Lipinski definition) is 1. The first-order valence-electron chi connectivity index (χ1n) is 4.51. The average Bonchev–Trinajstić information content (AvgIpc) is 2.01. The molecular formula is C12H16O. The molecule has 0 saturated heterocycles. The van der Waals surface area contributed by atoms with Gasteiger partial charge in [0, 0.05) is 5.56 Å². The van der Waals surface area contributed by atoms with E-state index in [1.54, 1.807) is 0 Å². The molecule has 0 atom stereocenters. The fourth-order valence-corrected chi connectivity index (χ4v) is 1.60. The van der Waals surface area contributed by atoms with Gasteiger partial charge in [-0.2, -0.15) is 0 Å². The van der Waals surface area contributed by atoms with Crippen molar-refractivity contribution >= 4 is 6.29 Å². The van der Waals surface area contributed by atoms with E-state index in [1.807, 2.05) is 25.1 Å². The van der Waals surface area contributed by atoms with Crippen LogP contribution >= 0.6 is 0 Å². The largest absolute Gasteiger partial charge is 0.298 e. The maximum absolute atomic E-state index is 10.5. The van der Waals surface area contributed by atoms with Crippen molar-refractivity contribution in [1.82, 2.24) is 0 Å². The number of aryl methyl sites for hydroxylation is 1. The Morgan fingerprint density at radius 3 is 2.23 bits per heavy atom. The third-order valence-corrected chi connectivity index (χ3v) is 2.19. The molecule has 13 heavy (non-hydrogen) atoms. The lowest BCUT2D eigenvalue weighted by atomic mass is 9.83. The summed E-state index contributed by atoms with van der Waals surface area (Å²) in [6.45, 7) is 8.58. The molecule has 0 unspecified atom stereocenters. The Kier molecular flexibility index (Phi) is 2.55. The SMILES string of the molecule is Cc1cc(C=O)ccc1C(C)(C)C. The van der Waals surface area contributed by atoms with E-state index in [9.17, 15) is 4.79 Å². The van der Waals surface area contributed by atoms with Crippen LogP contribution in [0.5, 0.6) is 0 Å². The van der Waals surface area contributed by atoms with Gasteiger partial charge in [0.2, 0.25) is 0 Å². The van der Waals surface area contributed by atoms with Crippen LogP contribution in [0.4, 0.5) is 0 Å². The summed E-state index contributed by atoms with van der Waals surface area (Å²) < 4.78 is 0. The van der Waals surface area contributed by atoms with Crippen molar-refractivity contribution in [2.24, 2.45) is 0 Å². The number of hydrogen-bond donors (Lipinski definition) is 0. The maximum Gasteiger partial charge on any atom is 0.150 e. The van der Waals surface area contributed by atoms with Crippen LogP contribution in [-0.4, -0.2) is 6.29 Å². The summed E-state index contributed by atoms with van der Waals surface area (Å²) in [6, 6.07) is 5.85. The molecule has 70 valence electrons. The molecule has 0 spiro atoms. The third-order valence-electron chi connectivity index (χ3n) is 2.19. The van der Waals surface area contributed by atoms with Gasteiger partial charge in [-0.1, -0.05) is 32.9 Å². The van der Waals surface area contributed by atoms with Crippen LogP contribution in [-0.2, 0) is 5.41 Å². The quantitative estimate of drug-likeness (QED) is 0.601. The van der Waals surface area contributed by atoms with E-state index < -0.39 is 0 Å². The number of carbonyl (C=O) groups is 1. The van der Waals surface area contributed by atoms with Gasteiger partial charge in [-0.15, -0.1) is 0 Å². The van der Waals surface area contributed by atoms with Crippen molar-refractivity contribution in [3.05, 3.63) is 34.9 Å².